The Hall–Kier alpha value is -9.82. The highest BCUT2D eigenvalue weighted by Gasteiger charge is 2.39. The molecule has 13 rings (SSSR count). The van der Waals surface area contributed by atoms with Gasteiger partial charge in [-0.05, 0) is 120 Å². The van der Waals surface area contributed by atoms with Crippen molar-refractivity contribution in [1.29, 1.82) is 0 Å². The van der Waals surface area contributed by atoms with E-state index in [1.165, 1.54) is 12.1 Å². The van der Waals surface area contributed by atoms with Gasteiger partial charge >= 0.3 is 18.5 Å². The summed E-state index contributed by atoms with van der Waals surface area (Å²) in [4.78, 5) is 15.1. The fourth-order valence-electron chi connectivity index (χ4n) is 11.1. The average Bonchev–Trinajstić information content (AvgIpc) is 4.09. The topological polar surface area (TPSA) is 48.5 Å². The maximum atomic E-state index is 14.7. The van der Waals surface area contributed by atoms with E-state index in [9.17, 15) is 39.5 Å². The molecule has 81 heavy (non-hydrogen) atoms. The first-order valence-electron chi connectivity index (χ1n) is 25.6. The van der Waals surface area contributed by atoms with Crippen LogP contribution < -0.4 is 0 Å². The van der Waals surface area contributed by atoms with Crippen molar-refractivity contribution in [2.24, 2.45) is 0 Å². The summed E-state index contributed by atoms with van der Waals surface area (Å²) in [7, 11) is 0. The Morgan fingerprint density at radius 1 is 0.296 bits per heavy atom. The number of nitrogens with zero attached hydrogens (tertiary/aromatic N) is 5. The molecule has 5 nitrogen and oxygen atoms in total. The molecule has 0 saturated heterocycles. The van der Waals surface area contributed by atoms with Crippen LogP contribution in [0.25, 0.3) is 123 Å². The minimum atomic E-state index is -5.10. The van der Waals surface area contributed by atoms with E-state index < -0.39 is 40.8 Å². The number of hydrogen-bond acceptors (Lipinski definition) is 3. The molecule has 396 valence electrons. The molecule has 0 aliphatic rings. The van der Waals surface area contributed by atoms with Gasteiger partial charge in [0.2, 0.25) is 0 Å². The van der Waals surface area contributed by atoms with E-state index in [2.05, 4.69) is 4.57 Å². The van der Waals surface area contributed by atoms with E-state index in [4.69, 9.17) is 15.0 Å². The molecule has 0 unspecified atom stereocenters. The molecule has 0 spiro atoms. The zero-order valence-electron chi connectivity index (χ0n) is 42.5. The quantitative estimate of drug-likeness (QED) is 0.143. The van der Waals surface area contributed by atoms with E-state index in [0.29, 0.717) is 73.3 Å². The second-order valence-electron chi connectivity index (χ2n) is 19.7. The van der Waals surface area contributed by atoms with Crippen LogP contribution in [0.5, 0.6) is 0 Å². The highest BCUT2D eigenvalue weighted by molar-refractivity contribution is 6.13. The SMILES string of the molecule is Cc1cc(C(F)(F)F)ccc1-c1ccc2c(c1)c1ccccc1n2-c1ccccc1-c1cc(-c2nc(-c3ccccc3)nc(-c3ccccc3)n2)ccc1-n1c2ccccc2c2cc(-c3ccc(C(F)(F)F)cc3C(F)(F)F)ccc21. The van der Waals surface area contributed by atoms with Crippen LogP contribution in [0.15, 0.2) is 224 Å². The molecule has 0 aliphatic carbocycles. The third-order valence-corrected chi connectivity index (χ3v) is 14.8. The smallest absolute Gasteiger partial charge is 0.309 e. The van der Waals surface area contributed by atoms with E-state index in [-0.39, 0.29) is 11.6 Å². The van der Waals surface area contributed by atoms with Crippen LogP contribution in [0, 0.1) is 6.92 Å². The van der Waals surface area contributed by atoms with Crippen molar-refractivity contribution in [2.45, 2.75) is 25.5 Å². The fourth-order valence-corrected chi connectivity index (χ4v) is 11.1. The molecule has 0 N–H and O–H groups in total. The molecule has 13 aromatic rings. The summed E-state index contributed by atoms with van der Waals surface area (Å²) in [6.07, 6.45) is -14.6. The Bertz CT molecular complexity index is 4560. The van der Waals surface area contributed by atoms with Crippen LogP contribution in [0.1, 0.15) is 22.3 Å². The molecule has 0 bridgehead atoms. The van der Waals surface area contributed by atoms with Gasteiger partial charge in [0, 0.05) is 49.4 Å². The lowest BCUT2D eigenvalue weighted by atomic mass is 9.95. The number of halogens is 9. The lowest BCUT2D eigenvalue weighted by molar-refractivity contribution is -0.143. The molecule has 0 aliphatic heterocycles. The first kappa shape index (κ1) is 50.7. The maximum Gasteiger partial charge on any atom is 0.417 e. The Morgan fingerprint density at radius 2 is 0.728 bits per heavy atom. The zero-order valence-corrected chi connectivity index (χ0v) is 42.5. The van der Waals surface area contributed by atoms with Gasteiger partial charge in [0.15, 0.2) is 17.5 Å². The number of alkyl halides is 9. The second kappa shape index (κ2) is 19.2. The highest BCUT2D eigenvalue weighted by atomic mass is 19.4. The number of aryl methyl sites for hydroxylation is 1. The Morgan fingerprint density at radius 3 is 1.26 bits per heavy atom. The molecule has 3 heterocycles. The number of para-hydroxylation sites is 3. The first-order chi connectivity index (χ1) is 39.0. The summed E-state index contributed by atoms with van der Waals surface area (Å²) in [6.45, 7) is 1.67. The van der Waals surface area contributed by atoms with Crippen molar-refractivity contribution in [2.75, 3.05) is 0 Å². The van der Waals surface area contributed by atoms with Crippen molar-refractivity contribution < 1.29 is 39.5 Å². The van der Waals surface area contributed by atoms with Crippen LogP contribution >= 0.6 is 0 Å². The first-order valence-corrected chi connectivity index (χ1v) is 25.6. The van der Waals surface area contributed by atoms with Gasteiger partial charge in [0.05, 0.1) is 50.1 Å². The molecule has 0 saturated carbocycles. The molecule has 0 atom stereocenters. The van der Waals surface area contributed by atoms with Gasteiger partial charge in [-0.2, -0.15) is 39.5 Å². The number of fused-ring (bicyclic) bond motifs is 6. The minimum absolute atomic E-state index is 0.0775. The molecule has 0 radical (unpaired) electrons. The Kier molecular flexibility index (Phi) is 12.0. The number of hydrogen-bond donors (Lipinski definition) is 0. The molecule has 10 aromatic carbocycles. The third kappa shape index (κ3) is 9.02. The maximum absolute atomic E-state index is 14.7. The average molecular weight is 1090 g/mol. The van der Waals surface area contributed by atoms with Gasteiger partial charge in [-0.15, -0.1) is 0 Å². The van der Waals surface area contributed by atoms with Gasteiger partial charge < -0.3 is 9.13 Å². The summed E-state index contributed by atoms with van der Waals surface area (Å²) >= 11 is 0. The van der Waals surface area contributed by atoms with Crippen molar-refractivity contribution in [1.82, 2.24) is 24.1 Å². The third-order valence-electron chi connectivity index (χ3n) is 14.8. The largest absolute Gasteiger partial charge is 0.417 e. The minimum Gasteiger partial charge on any atom is -0.309 e. The normalized spacial score (nSPS) is 12.3. The number of aromatic nitrogens is 5. The molecule has 0 amide bonds. The van der Waals surface area contributed by atoms with Crippen molar-refractivity contribution in [3.8, 4) is 78.9 Å². The van der Waals surface area contributed by atoms with Gasteiger partial charge in [-0.25, -0.2) is 15.0 Å². The molecule has 3 aromatic heterocycles. The number of benzene rings is 10. The van der Waals surface area contributed by atoms with Crippen LogP contribution in [0.3, 0.4) is 0 Å². The van der Waals surface area contributed by atoms with Crippen molar-refractivity contribution in [3.63, 3.8) is 0 Å². The Balaban J connectivity index is 1.06. The molecule has 0 fully saturated rings. The molecular weight excluding hydrogens is 1050 g/mol. The van der Waals surface area contributed by atoms with Gasteiger partial charge in [-0.3, -0.25) is 0 Å². The van der Waals surface area contributed by atoms with Crippen LogP contribution in [-0.2, 0) is 18.5 Å². The van der Waals surface area contributed by atoms with Crippen LogP contribution in [0.4, 0.5) is 39.5 Å². The Labute approximate surface area is 456 Å². The summed E-state index contributed by atoms with van der Waals surface area (Å²) < 4.78 is 131. The molecule has 14 heteroatoms. The fraction of sp³-hybridized carbons (Fsp3) is 0.0597. The van der Waals surface area contributed by atoms with Gasteiger partial charge in [0.25, 0.3) is 0 Å². The predicted molar refractivity (Wildman–Crippen MR) is 301 cm³/mol. The van der Waals surface area contributed by atoms with E-state index >= 15 is 0 Å². The van der Waals surface area contributed by atoms with Crippen LogP contribution in [0.2, 0.25) is 0 Å². The number of rotatable bonds is 8. The standard InChI is InChI=1S/C67H40F9N5/c1-39-34-45(65(68,69)70)27-29-47(39)42-24-31-59-52(35-42)49-18-8-11-21-56(49)80(59)57-22-12-10-20-51(57)54-37-44(64-78-62(40-14-4-2-5-15-40)77-63(79-64)41-16-6-3-7-17-41)26-33-61(54)81-58-23-13-9-19-50(58)53-36-43(25-32-60(53)81)48-30-28-46(66(71,72)73)38-55(48)67(74,75)76/h2-38H,1H3. The lowest BCUT2D eigenvalue weighted by Crippen LogP contribution is -2.12. The van der Waals surface area contributed by atoms with Crippen molar-refractivity contribution >= 4 is 43.6 Å². The zero-order chi connectivity index (χ0) is 56.0. The summed E-state index contributed by atoms with van der Waals surface area (Å²) in [5.41, 5.74) is 6.02. The van der Waals surface area contributed by atoms with E-state index in [0.717, 1.165) is 67.9 Å². The predicted octanol–water partition coefficient (Wildman–Crippen LogP) is 19.4. The van der Waals surface area contributed by atoms with Crippen LogP contribution in [-0.4, -0.2) is 24.1 Å². The summed E-state index contributed by atoms with van der Waals surface area (Å²) in [5, 5.41) is 2.99. The summed E-state index contributed by atoms with van der Waals surface area (Å²) in [5.74, 6) is 1.27. The summed E-state index contributed by atoms with van der Waals surface area (Å²) in [6, 6.07) is 64.4. The molecular formula is C67H40F9N5. The monoisotopic (exact) mass is 1090 g/mol. The second-order valence-corrected chi connectivity index (χ2v) is 19.7. The highest BCUT2D eigenvalue weighted by Crippen LogP contribution is 2.46. The lowest BCUT2D eigenvalue weighted by Gasteiger charge is -2.20. The van der Waals surface area contributed by atoms with Crippen molar-refractivity contribution in [3.05, 3.63) is 247 Å². The van der Waals surface area contributed by atoms with E-state index in [1.54, 1.807) is 19.1 Å². The van der Waals surface area contributed by atoms with E-state index in [1.807, 2.05) is 174 Å². The van der Waals surface area contributed by atoms with Gasteiger partial charge in [0.1, 0.15) is 0 Å². The van der Waals surface area contributed by atoms with Gasteiger partial charge in [-0.1, -0.05) is 140 Å².